The third kappa shape index (κ3) is 8.46. The second kappa shape index (κ2) is 13.0. The first-order valence-electron chi connectivity index (χ1n) is 11.5. The quantitative estimate of drug-likeness (QED) is 0.616. The highest BCUT2D eigenvalue weighted by molar-refractivity contribution is 5.89. The van der Waals surface area contributed by atoms with Gasteiger partial charge in [-0.25, -0.2) is 9.59 Å². The number of carbonyl (C=O) groups is 3. The van der Waals surface area contributed by atoms with Gasteiger partial charge in [0, 0.05) is 19.2 Å². The molecule has 1 aliphatic heterocycles. The zero-order valence-electron chi connectivity index (χ0n) is 19.2. The fraction of sp³-hybridized carbons (Fsp3) is 0.560. The minimum absolute atomic E-state index is 0.139. The van der Waals surface area contributed by atoms with Crippen LogP contribution in [-0.2, 0) is 14.4 Å². The molecule has 1 heterocycles. The first-order valence-corrected chi connectivity index (χ1v) is 11.5. The van der Waals surface area contributed by atoms with E-state index in [9.17, 15) is 14.4 Å². The van der Waals surface area contributed by atoms with Gasteiger partial charge in [0.25, 0.3) is 0 Å². The SMILES string of the molecule is CC(c1ccc(C2CCCC2)cc1)N(C)C(=O)CN1CCCCC1.O=C(O)/C=C/C(=O)O. The first-order chi connectivity index (χ1) is 15.3. The lowest BCUT2D eigenvalue weighted by Gasteiger charge is -2.31. The summed E-state index contributed by atoms with van der Waals surface area (Å²) in [5.41, 5.74) is 2.72. The zero-order chi connectivity index (χ0) is 23.5. The van der Waals surface area contributed by atoms with Crippen molar-refractivity contribution >= 4 is 17.8 Å². The van der Waals surface area contributed by atoms with Crippen LogP contribution < -0.4 is 0 Å². The lowest BCUT2D eigenvalue weighted by atomic mass is 9.95. The van der Waals surface area contributed by atoms with Crippen LogP contribution >= 0.6 is 0 Å². The van der Waals surface area contributed by atoms with Crippen LogP contribution in [0.25, 0.3) is 0 Å². The molecule has 0 radical (unpaired) electrons. The molecule has 0 bridgehead atoms. The van der Waals surface area contributed by atoms with E-state index in [-0.39, 0.29) is 11.9 Å². The Kier molecular flexibility index (Phi) is 10.4. The lowest BCUT2D eigenvalue weighted by Crippen LogP contribution is -2.41. The highest BCUT2D eigenvalue weighted by Crippen LogP contribution is 2.34. The van der Waals surface area contributed by atoms with Crippen LogP contribution in [0.2, 0.25) is 0 Å². The van der Waals surface area contributed by atoms with Gasteiger partial charge in [-0.3, -0.25) is 9.69 Å². The number of hydrogen-bond acceptors (Lipinski definition) is 4. The third-order valence-electron chi connectivity index (χ3n) is 6.40. The smallest absolute Gasteiger partial charge is 0.328 e. The number of likely N-dealkylation sites (N-methyl/N-ethyl adjacent to an activating group) is 1. The fourth-order valence-electron chi connectivity index (χ4n) is 4.31. The summed E-state index contributed by atoms with van der Waals surface area (Å²) in [5, 5.41) is 15.6. The van der Waals surface area contributed by atoms with Crippen LogP contribution in [0.5, 0.6) is 0 Å². The summed E-state index contributed by atoms with van der Waals surface area (Å²) in [6.45, 7) is 4.85. The minimum Gasteiger partial charge on any atom is -0.478 e. The number of carboxylic acid groups (broad SMARTS) is 2. The molecule has 1 atom stereocenters. The van der Waals surface area contributed by atoms with E-state index in [1.165, 1.54) is 56.1 Å². The highest BCUT2D eigenvalue weighted by Gasteiger charge is 2.22. The molecule has 0 aromatic heterocycles. The van der Waals surface area contributed by atoms with Crippen molar-refractivity contribution in [3.05, 3.63) is 47.5 Å². The van der Waals surface area contributed by atoms with E-state index < -0.39 is 11.9 Å². The Labute approximate surface area is 190 Å². The summed E-state index contributed by atoms with van der Waals surface area (Å²) in [4.78, 5) is 35.9. The predicted octanol–water partition coefficient (Wildman–Crippen LogP) is 4.06. The molecule has 1 saturated heterocycles. The summed E-state index contributed by atoms with van der Waals surface area (Å²) in [7, 11) is 1.95. The number of likely N-dealkylation sites (tertiary alicyclic amines) is 1. The molecule has 1 unspecified atom stereocenters. The Morgan fingerprint density at radius 3 is 2.00 bits per heavy atom. The maximum atomic E-state index is 12.6. The Morgan fingerprint density at radius 1 is 0.969 bits per heavy atom. The summed E-state index contributed by atoms with van der Waals surface area (Å²) in [6.07, 6.45) is 10.3. The van der Waals surface area contributed by atoms with E-state index in [1.54, 1.807) is 0 Å². The molecule has 3 rings (SSSR count). The van der Waals surface area contributed by atoms with Crippen LogP contribution in [-0.4, -0.2) is 64.5 Å². The number of nitrogens with zero attached hydrogens (tertiary/aromatic N) is 2. The van der Waals surface area contributed by atoms with Gasteiger partial charge in [0.05, 0.1) is 12.6 Å². The van der Waals surface area contributed by atoms with Crippen molar-refractivity contribution in [1.29, 1.82) is 0 Å². The highest BCUT2D eigenvalue weighted by atomic mass is 16.4. The van der Waals surface area contributed by atoms with Crippen molar-refractivity contribution in [2.75, 3.05) is 26.7 Å². The van der Waals surface area contributed by atoms with E-state index in [2.05, 4.69) is 36.1 Å². The Balaban J connectivity index is 0.000000390. The van der Waals surface area contributed by atoms with E-state index in [0.29, 0.717) is 18.7 Å². The molecule has 1 amide bonds. The van der Waals surface area contributed by atoms with Crippen molar-refractivity contribution in [3.63, 3.8) is 0 Å². The number of aliphatic carboxylic acids is 2. The molecule has 2 fully saturated rings. The Bertz CT molecular complexity index is 762. The third-order valence-corrected chi connectivity index (χ3v) is 6.40. The Morgan fingerprint density at radius 2 is 1.50 bits per heavy atom. The van der Waals surface area contributed by atoms with Crippen LogP contribution in [0.1, 0.15) is 75.0 Å². The predicted molar refractivity (Wildman–Crippen MR) is 124 cm³/mol. The van der Waals surface area contributed by atoms with Crippen molar-refractivity contribution in [1.82, 2.24) is 9.80 Å². The van der Waals surface area contributed by atoms with E-state index in [0.717, 1.165) is 19.0 Å². The second-order valence-electron chi connectivity index (χ2n) is 8.68. The monoisotopic (exact) mass is 444 g/mol. The summed E-state index contributed by atoms with van der Waals surface area (Å²) in [5.74, 6) is -1.52. The molecule has 1 saturated carbocycles. The fourth-order valence-corrected chi connectivity index (χ4v) is 4.31. The minimum atomic E-state index is -1.26. The van der Waals surface area contributed by atoms with Gasteiger partial charge in [-0.1, -0.05) is 43.5 Å². The lowest BCUT2D eigenvalue weighted by molar-refractivity contribution is -0.134. The number of rotatable bonds is 7. The van der Waals surface area contributed by atoms with Crippen LogP contribution in [0, 0.1) is 0 Å². The van der Waals surface area contributed by atoms with Crippen molar-refractivity contribution < 1.29 is 24.6 Å². The number of piperidine rings is 1. The van der Waals surface area contributed by atoms with E-state index in [1.807, 2.05) is 11.9 Å². The molecule has 1 aromatic carbocycles. The van der Waals surface area contributed by atoms with Crippen molar-refractivity contribution in [2.45, 2.75) is 63.8 Å². The standard InChI is InChI=1S/C21H32N2O.C4H4O4/c1-17(22(2)21(24)16-23-14-6-3-7-15-23)18-10-12-20(13-11-18)19-8-4-5-9-19;5-3(6)1-2-4(7)8/h10-13,17,19H,3-9,14-16H2,1-2H3;1-2H,(H,5,6)(H,7,8)/b;2-1+. The molecule has 2 N–H and O–H groups in total. The summed E-state index contributed by atoms with van der Waals surface area (Å²) < 4.78 is 0. The average Bonchev–Trinajstić information content (AvgIpc) is 3.33. The van der Waals surface area contributed by atoms with Gasteiger partial charge in [0.2, 0.25) is 5.91 Å². The van der Waals surface area contributed by atoms with Gasteiger partial charge >= 0.3 is 11.9 Å². The maximum Gasteiger partial charge on any atom is 0.328 e. The molecule has 0 spiro atoms. The number of carboxylic acids is 2. The van der Waals surface area contributed by atoms with Gasteiger partial charge in [0.1, 0.15) is 0 Å². The van der Waals surface area contributed by atoms with E-state index >= 15 is 0 Å². The molecule has 7 nitrogen and oxygen atoms in total. The Hall–Kier alpha value is -2.67. The molecular formula is C25H36N2O5. The van der Waals surface area contributed by atoms with Crippen molar-refractivity contribution in [3.8, 4) is 0 Å². The number of amides is 1. The van der Waals surface area contributed by atoms with Gasteiger partial charge in [0.15, 0.2) is 0 Å². The van der Waals surface area contributed by atoms with E-state index in [4.69, 9.17) is 10.2 Å². The normalized spacial score (nSPS) is 18.1. The summed E-state index contributed by atoms with van der Waals surface area (Å²) in [6, 6.07) is 9.15. The van der Waals surface area contributed by atoms with Gasteiger partial charge in [-0.15, -0.1) is 0 Å². The molecule has 2 aliphatic rings. The first kappa shape index (κ1) is 25.6. The topological polar surface area (TPSA) is 98.2 Å². The molecule has 1 aliphatic carbocycles. The molecule has 7 heteroatoms. The van der Waals surface area contributed by atoms with Gasteiger partial charge in [-0.05, 0) is 62.7 Å². The number of carbonyl (C=O) groups excluding carboxylic acids is 1. The number of hydrogen-bond donors (Lipinski definition) is 2. The van der Waals surface area contributed by atoms with Gasteiger partial charge in [-0.2, -0.15) is 0 Å². The van der Waals surface area contributed by atoms with Gasteiger partial charge < -0.3 is 15.1 Å². The zero-order valence-corrected chi connectivity index (χ0v) is 19.2. The summed E-state index contributed by atoms with van der Waals surface area (Å²) >= 11 is 0. The molecular weight excluding hydrogens is 408 g/mol. The molecule has 1 aromatic rings. The second-order valence-corrected chi connectivity index (χ2v) is 8.68. The largest absolute Gasteiger partial charge is 0.478 e. The van der Waals surface area contributed by atoms with Crippen LogP contribution in [0.3, 0.4) is 0 Å². The van der Waals surface area contributed by atoms with Crippen molar-refractivity contribution in [2.24, 2.45) is 0 Å². The number of benzene rings is 1. The van der Waals surface area contributed by atoms with Crippen LogP contribution in [0.15, 0.2) is 36.4 Å². The average molecular weight is 445 g/mol. The van der Waals surface area contributed by atoms with Crippen LogP contribution in [0.4, 0.5) is 0 Å². The molecule has 176 valence electrons. The maximum absolute atomic E-state index is 12.6. The molecule has 32 heavy (non-hydrogen) atoms.